The summed E-state index contributed by atoms with van der Waals surface area (Å²) < 4.78 is 5.95. The molecule has 0 saturated heterocycles. The van der Waals surface area contributed by atoms with Crippen molar-refractivity contribution in [1.29, 1.82) is 0 Å². The van der Waals surface area contributed by atoms with Crippen LogP contribution in [-0.2, 0) is 16.1 Å². The highest BCUT2D eigenvalue weighted by Crippen LogP contribution is 2.40. The normalized spacial score (nSPS) is 16.0. The number of amides is 1. The van der Waals surface area contributed by atoms with Crippen LogP contribution >= 0.6 is 0 Å². The highest BCUT2D eigenvalue weighted by atomic mass is 16.5. The van der Waals surface area contributed by atoms with Crippen molar-refractivity contribution in [2.75, 3.05) is 0 Å². The Morgan fingerprint density at radius 3 is 2.44 bits per heavy atom. The first-order valence-corrected chi connectivity index (χ1v) is 10.5. The van der Waals surface area contributed by atoms with Gasteiger partial charge in [0.25, 0.3) is 5.91 Å². The summed E-state index contributed by atoms with van der Waals surface area (Å²) in [5.74, 6) is -0.478. The molecule has 6 nitrogen and oxygen atoms in total. The zero-order valence-corrected chi connectivity index (χ0v) is 17.9. The molecule has 0 aliphatic carbocycles. The molecule has 1 atom stereocenters. The molecule has 0 radical (unpaired) electrons. The van der Waals surface area contributed by atoms with Gasteiger partial charge in [-0.05, 0) is 42.0 Å². The Bertz CT molecular complexity index is 1160. The Kier molecular flexibility index (Phi) is 6.03. The van der Waals surface area contributed by atoms with Crippen LogP contribution in [0.3, 0.4) is 0 Å². The van der Waals surface area contributed by atoms with Crippen molar-refractivity contribution >= 4 is 11.7 Å². The number of ether oxygens (including phenoxy) is 1. The van der Waals surface area contributed by atoms with E-state index in [1.54, 1.807) is 38.2 Å². The third-order valence-corrected chi connectivity index (χ3v) is 5.30. The lowest BCUT2D eigenvalue weighted by Crippen LogP contribution is -2.31. The molecule has 2 heterocycles. The van der Waals surface area contributed by atoms with Crippen LogP contribution in [-0.4, -0.2) is 26.7 Å². The highest BCUT2D eigenvalue weighted by molar-refractivity contribution is 6.09. The van der Waals surface area contributed by atoms with Crippen LogP contribution in [0.5, 0.6) is 11.5 Å². The number of aromatic nitrogens is 1. The fraction of sp³-hybridized carbons (Fsp3) is 0.192. The molecule has 2 aromatic carbocycles. The number of hydrogen-bond donors (Lipinski definition) is 1. The summed E-state index contributed by atoms with van der Waals surface area (Å²) >= 11 is 0. The number of carbonyl (C=O) groups excluding carboxylic acids is 2. The molecule has 1 aliphatic rings. The van der Waals surface area contributed by atoms with Gasteiger partial charge in [0.1, 0.15) is 11.5 Å². The number of ketones is 1. The number of rotatable bonds is 7. The molecule has 0 bridgehead atoms. The lowest BCUT2D eigenvalue weighted by molar-refractivity contribution is -0.130. The molecular formula is C26H24N2O4. The van der Waals surface area contributed by atoms with Crippen molar-refractivity contribution in [3.63, 3.8) is 0 Å². The largest absolute Gasteiger partial charge is 0.503 e. The third kappa shape index (κ3) is 4.25. The van der Waals surface area contributed by atoms with E-state index in [2.05, 4.69) is 4.98 Å². The molecule has 3 aromatic rings. The van der Waals surface area contributed by atoms with E-state index in [1.807, 2.05) is 54.6 Å². The van der Waals surface area contributed by atoms with Gasteiger partial charge in [0.05, 0.1) is 23.9 Å². The number of carbonyl (C=O) groups is 2. The van der Waals surface area contributed by atoms with E-state index >= 15 is 0 Å². The second kappa shape index (κ2) is 9.06. The van der Waals surface area contributed by atoms with Crippen molar-refractivity contribution in [2.45, 2.75) is 26.4 Å². The molecule has 0 saturated carbocycles. The molecule has 0 spiro atoms. The number of para-hydroxylation sites is 1. The van der Waals surface area contributed by atoms with Crippen molar-refractivity contribution in [2.24, 2.45) is 5.92 Å². The van der Waals surface area contributed by atoms with Crippen LogP contribution in [0, 0.1) is 5.92 Å². The molecule has 1 aliphatic heterocycles. The van der Waals surface area contributed by atoms with Crippen molar-refractivity contribution in [1.82, 2.24) is 9.88 Å². The van der Waals surface area contributed by atoms with Gasteiger partial charge in [-0.1, -0.05) is 50.2 Å². The predicted molar refractivity (Wildman–Crippen MR) is 120 cm³/mol. The number of benzene rings is 2. The standard InChI is InChI=1S/C26H24N2O4/c1-17(2)24(29)22-23(28(26(31)25(22)30)16-19-10-6-7-14-27-19)18-9-8-13-21(15-18)32-20-11-4-3-5-12-20/h3-15,17,23,30H,16H2,1-2H3. The summed E-state index contributed by atoms with van der Waals surface area (Å²) in [6, 6.07) is 21.3. The topological polar surface area (TPSA) is 79.7 Å². The summed E-state index contributed by atoms with van der Waals surface area (Å²) in [6.07, 6.45) is 1.65. The Morgan fingerprint density at radius 1 is 1.03 bits per heavy atom. The third-order valence-electron chi connectivity index (χ3n) is 5.30. The summed E-state index contributed by atoms with van der Waals surface area (Å²) in [5, 5.41) is 10.7. The van der Waals surface area contributed by atoms with E-state index < -0.39 is 17.7 Å². The minimum absolute atomic E-state index is 0.109. The van der Waals surface area contributed by atoms with Gasteiger partial charge < -0.3 is 14.7 Å². The summed E-state index contributed by atoms with van der Waals surface area (Å²) in [6.45, 7) is 3.66. The number of hydrogen-bond acceptors (Lipinski definition) is 5. The van der Waals surface area contributed by atoms with Gasteiger partial charge in [0.15, 0.2) is 11.5 Å². The minimum Gasteiger partial charge on any atom is -0.503 e. The van der Waals surface area contributed by atoms with E-state index in [0.717, 1.165) is 0 Å². The van der Waals surface area contributed by atoms with E-state index in [0.29, 0.717) is 22.8 Å². The maximum Gasteiger partial charge on any atom is 0.290 e. The maximum absolute atomic E-state index is 13.0. The molecule has 4 rings (SSSR count). The lowest BCUT2D eigenvalue weighted by Gasteiger charge is -2.27. The lowest BCUT2D eigenvalue weighted by atomic mass is 9.91. The molecule has 32 heavy (non-hydrogen) atoms. The van der Waals surface area contributed by atoms with Crippen LogP contribution < -0.4 is 4.74 Å². The van der Waals surface area contributed by atoms with Gasteiger partial charge >= 0.3 is 0 Å². The van der Waals surface area contributed by atoms with Crippen LogP contribution in [0.25, 0.3) is 0 Å². The average Bonchev–Trinajstić information content (AvgIpc) is 3.05. The fourth-order valence-electron chi connectivity index (χ4n) is 3.76. The molecule has 0 fully saturated rings. The summed E-state index contributed by atoms with van der Waals surface area (Å²) in [4.78, 5) is 31.8. The second-order valence-corrected chi connectivity index (χ2v) is 7.93. The number of pyridine rings is 1. The minimum atomic E-state index is -0.737. The Hall–Kier alpha value is -3.93. The Balaban J connectivity index is 1.75. The molecule has 6 heteroatoms. The molecular weight excluding hydrogens is 404 g/mol. The molecule has 1 N–H and O–H groups in total. The van der Waals surface area contributed by atoms with Crippen molar-refractivity contribution < 1.29 is 19.4 Å². The van der Waals surface area contributed by atoms with E-state index in [9.17, 15) is 14.7 Å². The van der Waals surface area contributed by atoms with Gasteiger partial charge in [-0.15, -0.1) is 0 Å². The molecule has 162 valence electrons. The maximum atomic E-state index is 13.0. The Labute approximate surface area is 186 Å². The van der Waals surface area contributed by atoms with E-state index in [-0.39, 0.29) is 23.8 Å². The Morgan fingerprint density at radius 2 is 1.75 bits per heavy atom. The van der Waals surface area contributed by atoms with E-state index in [4.69, 9.17) is 4.74 Å². The number of nitrogens with zero attached hydrogens (tertiary/aromatic N) is 2. The summed E-state index contributed by atoms with van der Waals surface area (Å²) in [5.41, 5.74) is 1.45. The predicted octanol–water partition coefficient (Wildman–Crippen LogP) is 4.99. The average molecular weight is 428 g/mol. The van der Waals surface area contributed by atoms with Gasteiger partial charge in [0, 0.05) is 12.1 Å². The zero-order valence-electron chi connectivity index (χ0n) is 17.9. The van der Waals surface area contributed by atoms with Crippen molar-refractivity contribution in [3.05, 3.63) is 102 Å². The van der Waals surface area contributed by atoms with Gasteiger partial charge in [-0.3, -0.25) is 14.6 Å². The molecule has 1 unspecified atom stereocenters. The molecule has 1 aromatic heterocycles. The SMILES string of the molecule is CC(C)C(=O)C1=C(O)C(=O)N(Cc2ccccn2)C1c1cccc(Oc2ccccc2)c1. The van der Waals surface area contributed by atoms with Gasteiger partial charge in [-0.2, -0.15) is 0 Å². The van der Waals surface area contributed by atoms with Crippen LogP contribution in [0.4, 0.5) is 0 Å². The van der Waals surface area contributed by atoms with Crippen LogP contribution in [0.15, 0.2) is 90.3 Å². The number of Topliss-reactive ketones (excluding diaryl/α,β-unsaturated/α-hetero) is 1. The van der Waals surface area contributed by atoms with E-state index in [1.165, 1.54) is 4.90 Å². The number of aliphatic hydroxyl groups excluding tert-OH is 1. The first-order chi connectivity index (χ1) is 15.5. The fourth-order valence-corrected chi connectivity index (χ4v) is 3.76. The zero-order chi connectivity index (χ0) is 22.7. The van der Waals surface area contributed by atoms with Crippen LogP contribution in [0.1, 0.15) is 31.1 Å². The van der Waals surface area contributed by atoms with Crippen LogP contribution in [0.2, 0.25) is 0 Å². The smallest absolute Gasteiger partial charge is 0.290 e. The summed E-state index contributed by atoms with van der Waals surface area (Å²) in [7, 11) is 0. The highest BCUT2D eigenvalue weighted by Gasteiger charge is 2.44. The first-order valence-electron chi connectivity index (χ1n) is 10.5. The monoisotopic (exact) mass is 428 g/mol. The molecule has 1 amide bonds. The van der Waals surface area contributed by atoms with Crippen molar-refractivity contribution in [3.8, 4) is 11.5 Å². The van der Waals surface area contributed by atoms with Gasteiger partial charge in [-0.25, -0.2) is 0 Å². The first kappa shape index (κ1) is 21.3. The van der Waals surface area contributed by atoms with Gasteiger partial charge in [0.2, 0.25) is 0 Å². The quantitative estimate of drug-likeness (QED) is 0.573. The second-order valence-electron chi connectivity index (χ2n) is 7.93. The number of aliphatic hydroxyl groups is 1.